The van der Waals surface area contributed by atoms with Crippen LogP contribution in [0.5, 0.6) is 0 Å². The first-order valence-corrected chi connectivity index (χ1v) is 7.41. The molecule has 0 bridgehead atoms. The zero-order valence-electron chi connectivity index (χ0n) is 10.9. The molecule has 3 nitrogen and oxygen atoms in total. The number of rotatable bonds is 6. The zero-order chi connectivity index (χ0) is 13.9. The molecule has 0 aliphatic rings. The molecule has 0 saturated heterocycles. The Bertz CT molecular complexity index is 443. The second kappa shape index (κ2) is 9.69. The third-order valence-corrected chi connectivity index (χ3v) is 2.94. The van der Waals surface area contributed by atoms with Gasteiger partial charge in [0.1, 0.15) is 0 Å². The van der Waals surface area contributed by atoms with Gasteiger partial charge >= 0.3 is 0 Å². The van der Waals surface area contributed by atoms with Crippen LogP contribution in [-0.4, -0.2) is 17.9 Å². The van der Waals surface area contributed by atoms with Gasteiger partial charge in [-0.15, -0.1) is 0 Å². The average molecular weight is 340 g/mol. The van der Waals surface area contributed by atoms with E-state index >= 15 is 0 Å². The Hall–Kier alpha value is -1.20. The standard InChI is InChI=1S/C14H18BrN3S/c1-2-3-9-16-14(19)18-17-11-13(15)10-12-7-5-4-6-8-12/h4-8,10-11H,2-3,9H2,1H3,(H2,16,18,19)/b13-10-,17-11-. The maximum atomic E-state index is 5.08. The number of benzene rings is 1. The van der Waals surface area contributed by atoms with E-state index in [1.807, 2.05) is 36.4 Å². The second-order valence-corrected chi connectivity index (χ2v) is 5.24. The maximum Gasteiger partial charge on any atom is 0.186 e. The van der Waals surface area contributed by atoms with Gasteiger partial charge in [-0.1, -0.05) is 43.7 Å². The monoisotopic (exact) mass is 339 g/mol. The van der Waals surface area contributed by atoms with Crippen molar-refractivity contribution in [2.75, 3.05) is 6.54 Å². The molecule has 0 radical (unpaired) electrons. The lowest BCUT2D eigenvalue weighted by Gasteiger charge is -2.05. The Labute approximate surface area is 128 Å². The van der Waals surface area contributed by atoms with Crippen LogP contribution in [0.15, 0.2) is 39.9 Å². The number of halogens is 1. The average Bonchev–Trinajstić information content (AvgIpc) is 2.40. The maximum absolute atomic E-state index is 5.08. The molecule has 0 fully saturated rings. The Balaban J connectivity index is 2.36. The number of unbranched alkanes of at least 4 members (excludes halogenated alkanes) is 1. The highest BCUT2D eigenvalue weighted by Crippen LogP contribution is 2.09. The minimum atomic E-state index is 0.546. The largest absolute Gasteiger partial charge is 0.361 e. The Morgan fingerprint density at radius 2 is 2.11 bits per heavy atom. The molecule has 19 heavy (non-hydrogen) atoms. The van der Waals surface area contributed by atoms with Crippen molar-refractivity contribution in [3.05, 3.63) is 40.4 Å². The number of hydrogen-bond acceptors (Lipinski definition) is 2. The van der Waals surface area contributed by atoms with Crippen LogP contribution in [0.3, 0.4) is 0 Å². The molecule has 0 spiro atoms. The minimum absolute atomic E-state index is 0.546. The molecule has 1 aromatic carbocycles. The van der Waals surface area contributed by atoms with Crippen LogP contribution in [0.25, 0.3) is 6.08 Å². The van der Waals surface area contributed by atoms with E-state index in [1.165, 1.54) is 0 Å². The summed E-state index contributed by atoms with van der Waals surface area (Å²) in [5.41, 5.74) is 3.89. The molecule has 1 rings (SSSR count). The first-order valence-electron chi connectivity index (χ1n) is 6.21. The molecule has 0 unspecified atom stereocenters. The summed E-state index contributed by atoms with van der Waals surface area (Å²) in [6.45, 7) is 3.01. The van der Waals surface area contributed by atoms with E-state index in [0.717, 1.165) is 29.4 Å². The summed E-state index contributed by atoms with van der Waals surface area (Å²) in [6.07, 6.45) is 5.91. The lowest BCUT2D eigenvalue weighted by molar-refractivity contribution is 0.745. The first-order chi connectivity index (χ1) is 9.22. The van der Waals surface area contributed by atoms with Crippen molar-refractivity contribution in [2.24, 2.45) is 5.10 Å². The minimum Gasteiger partial charge on any atom is -0.361 e. The number of thiocarbonyl (C=S) groups is 1. The number of hydrazone groups is 1. The van der Waals surface area contributed by atoms with Gasteiger partial charge in [-0.05, 0) is 46.2 Å². The molecule has 0 heterocycles. The number of nitrogens with one attached hydrogen (secondary N) is 2. The molecule has 5 heteroatoms. The van der Waals surface area contributed by atoms with E-state index in [0.29, 0.717) is 5.11 Å². The zero-order valence-corrected chi connectivity index (χ0v) is 13.3. The summed E-state index contributed by atoms with van der Waals surface area (Å²) in [5.74, 6) is 0. The predicted molar refractivity (Wildman–Crippen MR) is 90.5 cm³/mol. The predicted octanol–water partition coefficient (Wildman–Crippen LogP) is 3.67. The van der Waals surface area contributed by atoms with Gasteiger partial charge < -0.3 is 5.32 Å². The van der Waals surface area contributed by atoms with E-state index in [-0.39, 0.29) is 0 Å². The van der Waals surface area contributed by atoms with Crippen LogP contribution in [-0.2, 0) is 0 Å². The molecule has 1 aromatic rings. The van der Waals surface area contributed by atoms with E-state index in [4.69, 9.17) is 12.2 Å². The SMILES string of the molecule is CCCCNC(=S)N/N=C\C(Br)=C\c1ccccc1. The fourth-order valence-corrected chi connectivity index (χ4v) is 1.84. The third-order valence-electron chi connectivity index (χ3n) is 2.27. The van der Waals surface area contributed by atoms with Gasteiger partial charge in [-0.3, -0.25) is 5.43 Å². The van der Waals surface area contributed by atoms with Crippen LogP contribution in [0, 0.1) is 0 Å². The smallest absolute Gasteiger partial charge is 0.186 e. The van der Waals surface area contributed by atoms with Gasteiger partial charge in [0.05, 0.1) is 6.21 Å². The van der Waals surface area contributed by atoms with Crippen LogP contribution in [0.1, 0.15) is 25.3 Å². The van der Waals surface area contributed by atoms with Crippen LogP contribution >= 0.6 is 28.1 Å². The Morgan fingerprint density at radius 1 is 1.37 bits per heavy atom. The van der Waals surface area contributed by atoms with Crippen molar-refractivity contribution in [3.63, 3.8) is 0 Å². The van der Waals surface area contributed by atoms with Crippen molar-refractivity contribution >= 4 is 45.6 Å². The van der Waals surface area contributed by atoms with E-state index in [9.17, 15) is 0 Å². The molecule has 0 aliphatic carbocycles. The normalized spacial score (nSPS) is 11.6. The fourth-order valence-electron chi connectivity index (χ4n) is 1.32. The molecule has 0 saturated carbocycles. The summed E-state index contributed by atoms with van der Waals surface area (Å²) in [7, 11) is 0. The van der Waals surface area contributed by atoms with Gasteiger partial charge in [0.2, 0.25) is 0 Å². The van der Waals surface area contributed by atoms with Crippen LogP contribution in [0.2, 0.25) is 0 Å². The van der Waals surface area contributed by atoms with Gasteiger partial charge in [0, 0.05) is 11.0 Å². The summed E-state index contributed by atoms with van der Waals surface area (Å²) >= 11 is 8.52. The van der Waals surface area contributed by atoms with Gasteiger partial charge in [-0.25, -0.2) is 0 Å². The second-order valence-electron chi connectivity index (χ2n) is 3.92. The Kier molecular flexibility index (Phi) is 8.09. The molecule has 0 aromatic heterocycles. The lowest BCUT2D eigenvalue weighted by Crippen LogP contribution is -2.32. The first kappa shape index (κ1) is 15.9. The highest BCUT2D eigenvalue weighted by molar-refractivity contribution is 9.12. The van der Waals surface area contributed by atoms with Gasteiger partial charge in [0.15, 0.2) is 5.11 Å². The molecule has 102 valence electrons. The summed E-state index contributed by atoms with van der Waals surface area (Å²) < 4.78 is 0.877. The van der Waals surface area contributed by atoms with Crippen molar-refractivity contribution in [3.8, 4) is 0 Å². The van der Waals surface area contributed by atoms with Crippen molar-refractivity contribution < 1.29 is 0 Å². The van der Waals surface area contributed by atoms with Gasteiger partial charge in [-0.2, -0.15) is 5.10 Å². The highest BCUT2D eigenvalue weighted by atomic mass is 79.9. The van der Waals surface area contributed by atoms with Crippen molar-refractivity contribution in [1.82, 2.24) is 10.7 Å². The van der Waals surface area contributed by atoms with Crippen molar-refractivity contribution in [1.29, 1.82) is 0 Å². The summed E-state index contributed by atoms with van der Waals surface area (Å²) in [4.78, 5) is 0. The Morgan fingerprint density at radius 3 is 2.79 bits per heavy atom. The van der Waals surface area contributed by atoms with Gasteiger partial charge in [0.25, 0.3) is 0 Å². The summed E-state index contributed by atoms with van der Waals surface area (Å²) in [5, 5.41) is 7.68. The fraction of sp³-hybridized carbons (Fsp3) is 0.286. The van der Waals surface area contributed by atoms with E-state index in [2.05, 4.69) is 38.7 Å². The number of nitrogens with zero attached hydrogens (tertiary/aromatic N) is 1. The van der Waals surface area contributed by atoms with Crippen LogP contribution in [0.4, 0.5) is 0 Å². The number of hydrogen-bond donors (Lipinski definition) is 2. The molecule has 0 atom stereocenters. The number of allylic oxidation sites excluding steroid dienone is 1. The highest BCUT2D eigenvalue weighted by Gasteiger charge is 1.92. The van der Waals surface area contributed by atoms with Crippen LogP contribution < -0.4 is 10.7 Å². The van der Waals surface area contributed by atoms with Crippen molar-refractivity contribution in [2.45, 2.75) is 19.8 Å². The summed E-state index contributed by atoms with van der Waals surface area (Å²) in [6, 6.07) is 10.0. The molecular weight excluding hydrogens is 322 g/mol. The molecular formula is C14H18BrN3S. The quantitative estimate of drug-likeness (QED) is 0.359. The molecule has 0 amide bonds. The van der Waals surface area contributed by atoms with E-state index in [1.54, 1.807) is 6.21 Å². The third kappa shape index (κ3) is 7.74. The topological polar surface area (TPSA) is 36.4 Å². The lowest BCUT2D eigenvalue weighted by atomic mass is 10.2. The van der Waals surface area contributed by atoms with E-state index < -0.39 is 0 Å². The molecule has 2 N–H and O–H groups in total. The molecule has 0 aliphatic heterocycles.